The Balaban J connectivity index is 1.85. The predicted octanol–water partition coefficient (Wildman–Crippen LogP) is 2.35. The number of carboxylic acid groups (broad SMARTS) is 1. The Morgan fingerprint density at radius 1 is 1.28 bits per heavy atom. The highest BCUT2D eigenvalue weighted by Gasteiger charge is 2.45. The molecule has 96 valence electrons. The summed E-state index contributed by atoms with van der Waals surface area (Å²) in [7, 11) is 0. The van der Waals surface area contributed by atoms with Crippen molar-refractivity contribution in [2.75, 3.05) is 23.7 Å². The van der Waals surface area contributed by atoms with Gasteiger partial charge in [0.1, 0.15) is 0 Å². The normalized spacial score (nSPS) is 21.0. The number of aromatic carboxylic acids is 1. The lowest BCUT2D eigenvalue weighted by molar-refractivity contribution is 0.0696. The highest BCUT2D eigenvalue weighted by atomic mass is 16.4. The lowest BCUT2D eigenvalue weighted by Gasteiger charge is -2.50. The molecule has 1 saturated carbocycles. The van der Waals surface area contributed by atoms with Crippen molar-refractivity contribution in [3.63, 3.8) is 0 Å². The average molecular weight is 246 g/mol. The summed E-state index contributed by atoms with van der Waals surface area (Å²) in [6.45, 7) is 1.97. The minimum absolute atomic E-state index is 0.358. The minimum atomic E-state index is -0.877. The van der Waals surface area contributed by atoms with Crippen LogP contribution in [0, 0.1) is 5.41 Å². The van der Waals surface area contributed by atoms with Gasteiger partial charge in [-0.3, -0.25) is 0 Å². The molecule has 4 heteroatoms. The second-order valence-electron chi connectivity index (χ2n) is 5.64. The van der Waals surface area contributed by atoms with Crippen molar-refractivity contribution in [1.82, 2.24) is 0 Å². The molecule has 0 unspecified atom stereocenters. The third-order valence-electron chi connectivity index (χ3n) is 4.31. The third kappa shape index (κ3) is 1.72. The molecule has 1 heterocycles. The SMILES string of the molecule is Nc1ccc(C(=O)O)c(N2CC3(CCCC3)C2)c1. The van der Waals surface area contributed by atoms with E-state index in [0.717, 1.165) is 18.8 Å². The first-order chi connectivity index (χ1) is 8.60. The lowest BCUT2D eigenvalue weighted by atomic mass is 9.77. The fourth-order valence-corrected chi connectivity index (χ4v) is 3.37. The van der Waals surface area contributed by atoms with Gasteiger partial charge in [0.25, 0.3) is 0 Å². The number of benzene rings is 1. The molecule has 1 saturated heterocycles. The van der Waals surface area contributed by atoms with E-state index in [1.54, 1.807) is 18.2 Å². The van der Waals surface area contributed by atoms with Crippen LogP contribution in [0.5, 0.6) is 0 Å². The van der Waals surface area contributed by atoms with Gasteiger partial charge in [0.2, 0.25) is 0 Å². The molecular weight excluding hydrogens is 228 g/mol. The van der Waals surface area contributed by atoms with Crippen LogP contribution < -0.4 is 10.6 Å². The third-order valence-corrected chi connectivity index (χ3v) is 4.31. The molecule has 2 aliphatic rings. The van der Waals surface area contributed by atoms with Gasteiger partial charge in [0.15, 0.2) is 0 Å². The van der Waals surface area contributed by atoms with Crippen LogP contribution >= 0.6 is 0 Å². The molecule has 1 aromatic rings. The van der Waals surface area contributed by atoms with Crippen LogP contribution in [-0.4, -0.2) is 24.2 Å². The monoisotopic (exact) mass is 246 g/mol. The standard InChI is InChI=1S/C14H18N2O2/c15-10-3-4-11(13(17)18)12(7-10)16-8-14(9-16)5-1-2-6-14/h3-4,7H,1-2,5-6,8-9,15H2,(H,17,18). The summed E-state index contributed by atoms with van der Waals surface area (Å²) in [6.07, 6.45) is 5.20. The fourth-order valence-electron chi connectivity index (χ4n) is 3.37. The molecule has 0 amide bonds. The number of carbonyl (C=O) groups is 1. The van der Waals surface area contributed by atoms with Gasteiger partial charge in [0.05, 0.1) is 11.3 Å². The van der Waals surface area contributed by atoms with Crippen molar-refractivity contribution in [2.24, 2.45) is 5.41 Å². The smallest absolute Gasteiger partial charge is 0.337 e. The van der Waals surface area contributed by atoms with Crippen LogP contribution in [0.1, 0.15) is 36.0 Å². The summed E-state index contributed by atoms with van der Waals surface area (Å²) in [6, 6.07) is 5.04. The Bertz CT molecular complexity index is 485. The number of rotatable bonds is 2. The van der Waals surface area contributed by atoms with Crippen molar-refractivity contribution in [3.8, 4) is 0 Å². The van der Waals surface area contributed by atoms with Gasteiger partial charge in [-0.05, 0) is 31.0 Å². The maximum atomic E-state index is 11.2. The van der Waals surface area contributed by atoms with E-state index in [0.29, 0.717) is 16.7 Å². The maximum absolute atomic E-state index is 11.2. The van der Waals surface area contributed by atoms with Crippen molar-refractivity contribution in [2.45, 2.75) is 25.7 Å². The number of hydrogen-bond acceptors (Lipinski definition) is 3. The van der Waals surface area contributed by atoms with Crippen LogP contribution in [0.25, 0.3) is 0 Å². The van der Waals surface area contributed by atoms with Crippen molar-refractivity contribution < 1.29 is 9.90 Å². The number of hydrogen-bond donors (Lipinski definition) is 2. The second-order valence-corrected chi connectivity index (χ2v) is 5.64. The Kier molecular flexibility index (Phi) is 2.47. The van der Waals surface area contributed by atoms with Gasteiger partial charge in [-0.25, -0.2) is 4.79 Å². The van der Waals surface area contributed by atoms with Crippen LogP contribution in [-0.2, 0) is 0 Å². The Labute approximate surface area is 106 Å². The van der Waals surface area contributed by atoms with Gasteiger partial charge in [-0.2, -0.15) is 0 Å². The second kappa shape index (κ2) is 3.90. The predicted molar refractivity (Wildman–Crippen MR) is 70.9 cm³/mol. The largest absolute Gasteiger partial charge is 0.478 e. The summed E-state index contributed by atoms with van der Waals surface area (Å²) < 4.78 is 0. The molecule has 18 heavy (non-hydrogen) atoms. The average Bonchev–Trinajstić information content (AvgIpc) is 2.75. The summed E-state index contributed by atoms with van der Waals surface area (Å²) in [4.78, 5) is 13.4. The Morgan fingerprint density at radius 2 is 1.94 bits per heavy atom. The van der Waals surface area contributed by atoms with Gasteiger partial charge in [0, 0.05) is 24.2 Å². The molecule has 0 aromatic heterocycles. The van der Waals surface area contributed by atoms with E-state index >= 15 is 0 Å². The van der Waals surface area contributed by atoms with E-state index < -0.39 is 5.97 Å². The Hall–Kier alpha value is -1.71. The molecule has 1 aromatic carbocycles. The van der Waals surface area contributed by atoms with E-state index in [2.05, 4.69) is 4.90 Å². The van der Waals surface area contributed by atoms with Crippen LogP contribution in [0.15, 0.2) is 18.2 Å². The number of nitrogens with two attached hydrogens (primary N) is 1. The van der Waals surface area contributed by atoms with Crippen molar-refractivity contribution in [3.05, 3.63) is 23.8 Å². The highest BCUT2D eigenvalue weighted by molar-refractivity contribution is 5.95. The number of nitrogens with zero attached hydrogens (tertiary/aromatic N) is 1. The molecule has 4 nitrogen and oxygen atoms in total. The first-order valence-electron chi connectivity index (χ1n) is 6.47. The van der Waals surface area contributed by atoms with E-state index in [-0.39, 0.29) is 0 Å². The summed E-state index contributed by atoms with van der Waals surface area (Å²) in [5, 5.41) is 9.21. The molecule has 1 aliphatic heterocycles. The number of nitrogen functional groups attached to an aromatic ring is 1. The number of anilines is 2. The molecule has 1 spiro atoms. The fraction of sp³-hybridized carbons (Fsp3) is 0.500. The zero-order valence-corrected chi connectivity index (χ0v) is 10.4. The van der Waals surface area contributed by atoms with Gasteiger partial charge in [-0.15, -0.1) is 0 Å². The van der Waals surface area contributed by atoms with E-state index in [1.165, 1.54) is 25.7 Å². The van der Waals surface area contributed by atoms with Gasteiger partial charge >= 0.3 is 5.97 Å². The quantitative estimate of drug-likeness (QED) is 0.786. The minimum Gasteiger partial charge on any atom is -0.478 e. The molecule has 0 radical (unpaired) electrons. The van der Waals surface area contributed by atoms with E-state index in [9.17, 15) is 9.90 Å². The maximum Gasteiger partial charge on any atom is 0.337 e. The van der Waals surface area contributed by atoms with E-state index in [4.69, 9.17) is 5.73 Å². The van der Waals surface area contributed by atoms with E-state index in [1.807, 2.05) is 0 Å². The lowest BCUT2D eigenvalue weighted by Crippen LogP contribution is -2.55. The van der Waals surface area contributed by atoms with Crippen molar-refractivity contribution >= 4 is 17.3 Å². The molecule has 2 fully saturated rings. The molecule has 3 N–H and O–H groups in total. The molecule has 1 aliphatic carbocycles. The molecule has 0 bridgehead atoms. The summed E-state index contributed by atoms with van der Waals surface area (Å²) in [5.74, 6) is -0.877. The van der Waals surface area contributed by atoms with Gasteiger partial charge in [-0.1, -0.05) is 12.8 Å². The first-order valence-corrected chi connectivity index (χ1v) is 6.47. The topological polar surface area (TPSA) is 66.6 Å². The number of carboxylic acids is 1. The van der Waals surface area contributed by atoms with Crippen molar-refractivity contribution in [1.29, 1.82) is 0 Å². The first kappa shape index (κ1) is 11.4. The van der Waals surface area contributed by atoms with Crippen LogP contribution in [0.4, 0.5) is 11.4 Å². The zero-order valence-electron chi connectivity index (χ0n) is 10.4. The zero-order chi connectivity index (χ0) is 12.8. The molecular formula is C14H18N2O2. The highest BCUT2D eigenvalue weighted by Crippen LogP contribution is 2.47. The summed E-state index contributed by atoms with van der Waals surface area (Å²) >= 11 is 0. The summed E-state index contributed by atoms with van der Waals surface area (Å²) in [5.41, 5.74) is 7.99. The van der Waals surface area contributed by atoms with Crippen LogP contribution in [0.2, 0.25) is 0 Å². The molecule has 0 atom stereocenters. The van der Waals surface area contributed by atoms with Crippen LogP contribution in [0.3, 0.4) is 0 Å². The molecule has 3 rings (SSSR count). The van der Waals surface area contributed by atoms with Gasteiger partial charge < -0.3 is 15.7 Å². The Morgan fingerprint density at radius 3 is 2.56 bits per heavy atom.